The molecule has 0 amide bonds. The second-order valence-corrected chi connectivity index (χ2v) is 2.92. The fraction of sp³-hybridized carbons (Fsp3) is 0.0909. The Kier molecular flexibility index (Phi) is 2.40. The summed E-state index contributed by atoms with van der Waals surface area (Å²) < 4.78 is 4.84. The third kappa shape index (κ3) is 2.07. The normalized spacial score (nSPS) is 10.9. The summed E-state index contributed by atoms with van der Waals surface area (Å²) in [5, 5.41) is 3.76. The maximum absolute atomic E-state index is 4.84. The lowest BCUT2D eigenvalue weighted by Crippen LogP contribution is -1.74. The molecule has 0 saturated carbocycles. The monoisotopic (exact) mass is 186 g/mol. The van der Waals surface area contributed by atoms with Gasteiger partial charge in [0.1, 0.15) is 0 Å². The molecule has 3 heteroatoms. The molecule has 2 rings (SSSR count). The smallest absolute Gasteiger partial charge is 0.223 e. The largest absolute Gasteiger partial charge is 0.339 e. The highest BCUT2D eigenvalue weighted by molar-refractivity contribution is 5.66. The third-order valence-electron chi connectivity index (χ3n) is 1.77. The van der Waals surface area contributed by atoms with Crippen molar-refractivity contribution in [3.05, 3.63) is 47.6 Å². The van der Waals surface area contributed by atoms with Gasteiger partial charge in [0.25, 0.3) is 0 Å². The first-order chi connectivity index (χ1) is 6.84. The van der Waals surface area contributed by atoms with Crippen molar-refractivity contribution in [2.45, 2.75) is 6.92 Å². The van der Waals surface area contributed by atoms with Gasteiger partial charge in [-0.2, -0.15) is 4.98 Å². The summed E-state index contributed by atoms with van der Waals surface area (Å²) in [5.41, 5.74) is 1.12. The van der Waals surface area contributed by atoms with E-state index in [4.69, 9.17) is 4.52 Å². The Morgan fingerprint density at radius 2 is 1.93 bits per heavy atom. The van der Waals surface area contributed by atoms with E-state index in [2.05, 4.69) is 10.1 Å². The summed E-state index contributed by atoms with van der Waals surface area (Å²) in [6, 6.07) is 9.99. The molecule has 14 heavy (non-hydrogen) atoms. The van der Waals surface area contributed by atoms with Crippen LogP contribution in [-0.2, 0) is 0 Å². The minimum atomic E-state index is 0.581. The highest BCUT2D eigenvalue weighted by Gasteiger charge is 1.95. The van der Waals surface area contributed by atoms with E-state index in [1.165, 1.54) is 0 Å². The summed E-state index contributed by atoms with van der Waals surface area (Å²) in [5.74, 6) is 1.18. The van der Waals surface area contributed by atoms with Crippen molar-refractivity contribution in [3.8, 4) is 0 Å². The molecule has 0 fully saturated rings. The van der Waals surface area contributed by atoms with Gasteiger partial charge in [0, 0.05) is 6.92 Å². The molecule has 0 bridgehead atoms. The summed E-state index contributed by atoms with van der Waals surface area (Å²) >= 11 is 0. The van der Waals surface area contributed by atoms with Crippen LogP contribution < -0.4 is 0 Å². The first-order valence-electron chi connectivity index (χ1n) is 4.38. The van der Waals surface area contributed by atoms with Crippen molar-refractivity contribution in [1.82, 2.24) is 10.1 Å². The molecule has 0 N–H and O–H groups in total. The second-order valence-electron chi connectivity index (χ2n) is 2.92. The fourth-order valence-electron chi connectivity index (χ4n) is 1.12. The highest BCUT2D eigenvalue weighted by atomic mass is 16.5. The van der Waals surface area contributed by atoms with Crippen LogP contribution in [0.1, 0.15) is 17.3 Å². The summed E-state index contributed by atoms with van der Waals surface area (Å²) in [7, 11) is 0. The summed E-state index contributed by atoms with van der Waals surface area (Å²) in [4.78, 5) is 4.06. The SMILES string of the molecule is Cc1nc(C=Cc2ccccc2)no1. The lowest BCUT2D eigenvalue weighted by atomic mass is 10.2. The van der Waals surface area contributed by atoms with Crippen molar-refractivity contribution in [2.24, 2.45) is 0 Å². The first kappa shape index (κ1) is 8.69. The number of nitrogens with zero attached hydrogens (tertiary/aromatic N) is 2. The van der Waals surface area contributed by atoms with Crippen LogP contribution in [0.4, 0.5) is 0 Å². The van der Waals surface area contributed by atoms with Crippen LogP contribution in [0.15, 0.2) is 34.9 Å². The molecule has 1 heterocycles. The third-order valence-corrected chi connectivity index (χ3v) is 1.77. The van der Waals surface area contributed by atoms with Crippen LogP contribution in [0.5, 0.6) is 0 Å². The lowest BCUT2D eigenvalue weighted by Gasteiger charge is -1.88. The lowest BCUT2D eigenvalue weighted by molar-refractivity contribution is 0.391. The molecule has 0 spiro atoms. The Balaban J connectivity index is 2.15. The van der Waals surface area contributed by atoms with Gasteiger partial charge < -0.3 is 4.52 Å². The van der Waals surface area contributed by atoms with E-state index >= 15 is 0 Å². The Bertz CT molecular complexity index is 432. The number of rotatable bonds is 2. The van der Waals surface area contributed by atoms with Crippen molar-refractivity contribution >= 4 is 12.2 Å². The number of aryl methyl sites for hydroxylation is 1. The molecular formula is C11H10N2O. The van der Waals surface area contributed by atoms with Crippen molar-refractivity contribution < 1.29 is 4.52 Å². The second kappa shape index (κ2) is 3.87. The van der Waals surface area contributed by atoms with Crippen LogP contribution in [0.2, 0.25) is 0 Å². The zero-order valence-electron chi connectivity index (χ0n) is 7.84. The summed E-state index contributed by atoms with van der Waals surface area (Å²) in [6.45, 7) is 1.77. The van der Waals surface area contributed by atoms with E-state index in [0.717, 1.165) is 5.56 Å². The molecule has 2 aromatic rings. The van der Waals surface area contributed by atoms with Gasteiger partial charge in [0.2, 0.25) is 5.89 Å². The van der Waals surface area contributed by atoms with Gasteiger partial charge in [0.05, 0.1) is 0 Å². The molecule has 0 atom stereocenters. The molecular weight excluding hydrogens is 176 g/mol. The van der Waals surface area contributed by atoms with E-state index in [1.807, 2.05) is 42.5 Å². The van der Waals surface area contributed by atoms with Crippen molar-refractivity contribution in [1.29, 1.82) is 0 Å². The van der Waals surface area contributed by atoms with Gasteiger partial charge in [-0.15, -0.1) is 0 Å². The molecule has 0 aliphatic rings. The topological polar surface area (TPSA) is 38.9 Å². The number of hydrogen-bond acceptors (Lipinski definition) is 3. The van der Waals surface area contributed by atoms with Crippen molar-refractivity contribution in [3.63, 3.8) is 0 Å². The molecule has 0 aliphatic carbocycles. The molecule has 0 unspecified atom stereocenters. The van der Waals surface area contributed by atoms with Gasteiger partial charge in [-0.1, -0.05) is 41.6 Å². The van der Waals surface area contributed by atoms with Crippen molar-refractivity contribution in [2.75, 3.05) is 0 Å². The highest BCUT2D eigenvalue weighted by Crippen LogP contribution is 2.04. The number of hydrogen-bond donors (Lipinski definition) is 0. The number of benzene rings is 1. The van der Waals surface area contributed by atoms with Crippen LogP contribution in [0.25, 0.3) is 12.2 Å². The summed E-state index contributed by atoms with van der Waals surface area (Å²) in [6.07, 6.45) is 3.77. The van der Waals surface area contributed by atoms with Crippen LogP contribution in [0.3, 0.4) is 0 Å². The van der Waals surface area contributed by atoms with Gasteiger partial charge in [-0.05, 0) is 11.6 Å². The maximum atomic E-state index is 4.84. The number of aromatic nitrogens is 2. The van der Waals surface area contributed by atoms with E-state index in [0.29, 0.717) is 11.7 Å². The quantitative estimate of drug-likeness (QED) is 0.723. The molecule has 70 valence electrons. The van der Waals surface area contributed by atoms with Crippen LogP contribution >= 0.6 is 0 Å². The van der Waals surface area contributed by atoms with E-state index in [-0.39, 0.29) is 0 Å². The minimum absolute atomic E-state index is 0.581. The maximum Gasteiger partial charge on any atom is 0.223 e. The average molecular weight is 186 g/mol. The van der Waals surface area contributed by atoms with Crippen LogP contribution in [-0.4, -0.2) is 10.1 Å². The molecule has 3 nitrogen and oxygen atoms in total. The minimum Gasteiger partial charge on any atom is -0.339 e. The van der Waals surface area contributed by atoms with Crippen LogP contribution in [0, 0.1) is 6.92 Å². The standard InChI is InChI=1S/C11H10N2O/c1-9-12-11(13-14-9)8-7-10-5-3-2-4-6-10/h2-8H,1H3. The Hall–Kier alpha value is -1.90. The predicted molar refractivity (Wildman–Crippen MR) is 54.4 cm³/mol. The molecule has 0 saturated heterocycles. The molecule has 1 aromatic carbocycles. The predicted octanol–water partition coefficient (Wildman–Crippen LogP) is 2.55. The Morgan fingerprint density at radius 3 is 2.57 bits per heavy atom. The zero-order chi connectivity index (χ0) is 9.80. The van der Waals surface area contributed by atoms with Gasteiger partial charge in [-0.25, -0.2) is 0 Å². The van der Waals surface area contributed by atoms with E-state index < -0.39 is 0 Å². The molecule has 1 aromatic heterocycles. The van der Waals surface area contributed by atoms with Gasteiger partial charge >= 0.3 is 0 Å². The first-order valence-corrected chi connectivity index (χ1v) is 4.38. The van der Waals surface area contributed by atoms with Gasteiger partial charge in [0.15, 0.2) is 5.82 Å². The van der Waals surface area contributed by atoms with E-state index in [1.54, 1.807) is 6.92 Å². The Morgan fingerprint density at radius 1 is 1.14 bits per heavy atom. The molecule has 0 aliphatic heterocycles. The van der Waals surface area contributed by atoms with Gasteiger partial charge in [-0.3, -0.25) is 0 Å². The van der Waals surface area contributed by atoms with E-state index in [9.17, 15) is 0 Å². The average Bonchev–Trinajstić information content (AvgIpc) is 2.63. The Labute approximate surface area is 82.1 Å². The molecule has 0 radical (unpaired) electrons. The zero-order valence-corrected chi connectivity index (χ0v) is 7.84. The fourth-order valence-corrected chi connectivity index (χ4v) is 1.12.